The molecule has 0 aliphatic carbocycles. The van der Waals surface area contributed by atoms with Gasteiger partial charge in [-0.1, -0.05) is 279 Å². The molecule has 3 fully saturated rings. The van der Waals surface area contributed by atoms with Crippen molar-refractivity contribution in [2.75, 3.05) is 26.4 Å². The van der Waals surface area contributed by atoms with E-state index in [4.69, 9.17) is 75.8 Å². The summed E-state index contributed by atoms with van der Waals surface area (Å²) in [5.74, 6) is -0.631. The molecule has 0 amide bonds. The zero-order chi connectivity index (χ0) is 71.9. The second kappa shape index (κ2) is 41.5. The number of ether oxygens (including phenoxy) is 16. The molecule has 17 heteroatoms. The van der Waals surface area contributed by atoms with Crippen molar-refractivity contribution in [3.05, 3.63) is 336 Å². The molecule has 9 aromatic carbocycles. The van der Waals surface area contributed by atoms with Gasteiger partial charge in [0.15, 0.2) is 25.0 Å². The molecule has 550 valence electrons. The second-order valence-electron chi connectivity index (χ2n) is 26.3. The zero-order valence-corrected chi connectivity index (χ0v) is 59.5. The fourth-order valence-electron chi connectivity index (χ4n) is 13.1. The number of carbonyl (C=O) groups is 1. The average Bonchev–Trinajstić information content (AvgIpc) is 0.761. The second-order valence-corrected chi connectivity index (χ2v) is 26.3. The Kier molecular flexibility index (Phi) is 30.1. The van der Waals surface area contributed by atoms with E-state index < -0.39 is 98.1 Å². The molecule has 15 atom stereocenters. The van der Waals surface area contributed by atoms with Crippen LogP contribution in [-0.4, -0.2) is 125 Å². The van der Waals surface area contributed by atoms with Crippen molar-refractivity contribution in [2.45, 2.75) is 171 Å². The van der Waals surface area contributed by atoms with Crippen LogP contribution in [0.5, 0.6) is 0 Å². The summed E-state index contributed by atoms with van der Waals surface area (Å²) in [5, 5.41) is 0. The minimum absolute atomic E-state index is 0.0149. The molecular weight excluding hydrogens is 1330 g/mol. The molecule has 0 aromatic heterocycles. The molecule has 0 bridgehead atoms. The molecule has 9 aromatic rings. The number of unbranched alkanes of at least 4 members (excludes halogenated alkanes) is 1. The SMILES string of the molecule is C=CCCCO[C@H]1OC(COCc2ccccc2)[C@H](OCc2ccccc2)[C@@H](OCc2ccccc2)C1O[C@H]1OC(COCc2ccccc2)[C@H](OCc2ccccc2)[C@@H](OCc2ccccc2)C1O[C@H]1OC(COCc2ccccc2)[C@H](OCc2ccccc2)[C@@H](OCc2ccccc2)C1OC(C)=O. The number of hydrogen-bond acceptors (Lipinski definition) is 17. The van der Waals surface area contributed by atoms with Crippen LogP contribution < -0.4 is 0 Å². The van der Waals surface area contributed by atoms with Crippen LogP contribution in [0.2, 0.25) is 0 Å². The molecule has 105 heavy (non-hydrogen) atoms. The summed E-state index contributed by atoms with van der Waals surface area (Å²) in [5.41, 5.74) is 8.19. The largest absolute Gasteiger partial charge is 0.454 e. The molecular formula is C88H96O17. The van der Waals surface area contributed by atoms with Gasteiger partial charge in [0.1, 0.15) is 67.1 Å². The minimum Gasteiger partial charge on any atom is -0.454 e. The highest BCUT2D eigenvalue weighted by molar-refractivity contribution is 5.66. The van der Waals surface area contributed by atoms with Gasteiger partial charge in [-0.3, -0.25) is 4.79 Å². The van der Waals surface area contributed by atoms with Crippen molar-refractivity contribution >= 4 is 5.97 Å². The molecule has 0 radical (unpaired) electrons. The molecule has 0 N–H and O–H groups in total. The van der Waals surface area contributed by atoms with Crippen LogP contribution in [0.1, 0.15) is 69.8 Å². The van der Waals surface area contributed by atoms with Crippen molar-refractivity contribution < 1.29 is 80.6 Å². The molecule has 0 spiro atoms. The lowest BCUT2D eigenvalue weighted by atomic mass is 9.95. The Morgan fingerprint density at radius 2 is 0.543 bits per heavy atom. The average molecular weight is 1430 g/mol. The third-order valence-electron chi connectivity index (χ3n) is 18.4. The molecule has 3 aliphatic heterocycles. The standard InChI is InChI=1S/C88H96O17/c1-3-4-32-51-93-86-83(80(97-58-71-45-26-11-27-46-71)77(94-55-68-39-20-8-21-40-68)74(101-86)61-90-52-65-33-14-5-15-34-65)104-88-85(82(99-60-73-49-30-13-31-50-73)79(96-57-70-43-24-10-25-44-70)76(103-88)63-92-54-67-37-18-7-19-38-67)105-87-84(100-64(2)89)81(98-59-72-47-28-12-29-48-72)78(95-56-69-41-22-9-23-42-69)75(102-87)62-91-53-66-35-16-6-17-36-66/h3,5-31,33-50,74-88H,1,4,32,51-63H2,2H3/t74?,75?,76?,77-,78-,79-,80+,81+,82+,83?,84?,85?,86-,87+,88+/m0/s1. The molecule has 17 nitrogen and oxygen atoms in total. The van der Waals surface area contributed by atoms with E-state index in [9.17, 15) is 4.79 Å². The van der Waals surface area contributed by atoms with E-state index in [1.165, 1.54) is 6.92 Å². The summed E-state index contributed by atoms with van der Waals surface area (Å²) >= 11 is 0. The van der Waals surface area contributed by atoms with E-state index >= 15 is 0 Å². The third-order valence-corrected chi connectivity index (χ3v) is 18.4. The van der Waals surface area contributed by atoms with Crippen LogP contribution in [0.3, 0.4) is 0 Å². The van der Waals surface area contributed by atoms with Gasteiger partial charge in [-0.2, -0.15) is 0 Å². The van der Waals surface area contributed by atoms with Crippen LogP contribution in [-0.2, 0) is 140 Å². The fraction of sp³-hybridized carbons (Fsp3) is 0.352. The van der Waals surface area contributed by atoms with Crippen molar-refractivity contribution in [1.29, 1.82) is 0 Å². The Balaban J connectivity index is 1.00. The summed E-state index contributed by atoms with van der Waals surface area (Å²) in [6.45, 7) is 7.15. The predicted octanol–water partition coefficient (Wildman–Crippen LogP) is 15.0. The molecule has 6 unspecified atom stereocenters. The zero-order valence-electron chi connectivity index (χ0n) is 59.5. The van der Waals surface area contributed by atoms with Crippen molar-refractivity contribution in [2.24, 2.45) is 0 Å². The highest BCUT2D eigenvalue weighted by atomic mass is 16.8. The van der Waals surface area contributed by atoms with Crippen molar-refractivity contribution in [1.82, 2.24) is 0 Å². The lowest BCUT2D eigenvalue weighted by Gasteiger charge is -2.52. The van der Waals surface area contributed by atoms with E-state index in [-0.39, 0.29) is 79.3 Å². The highest BCUT2D eigenvalue weighted by Gasteiger charge is 2.58. The van der Waals surface area contributed by atoms with Gasteiger partial charge in [-0.25, -0.2) is 0 Å². The lowest BCUT2D eigenvalue weighted by molar-refractivity contribution is -0.404. The Bertz CT molecular complexity index is 3860. The van der Waals surface area contributed by atoms with Gasteiger partial charge in [0.25, 0.3) is 0 Å². The Labute approximate surface area is 617 Å². The fourth-order valence-corrected chi connectivity index (χ4v) is 13.1. The topological polar surface area (TPSA) is 165 Å². The van der Waals surface area contributed by atoms with E-state index in [1.54, 1.807) is 0 Å². The quantitative estimate of drug-likeness (QED) is 0.0202. The minimum atomic E-state index is -1.49. The van der Waals surface area contributed by atoms with Crippen LogP contribution in [0.4, 0.5) is 0 Å². The van der Waals surface area contributed by atoms with Crippen molar-refractivity contribution in [3.8, 4) is 0 Å². The first-order valence-corrected chi connectivity index (χ1v) is 36.3. The van der Waals surface area contributed by atoms with Crippen LogP contribution >= 0.6 is 0 Å². The van der Waals surface area contributed by atoms with Gasteiger partial charge in [0.2, 0.25) is 0 Å². The van der Waals surface area contributed by atoms with Crippen LogP contribution in [0.25, 0.3) is 0 Å². The smallest absolute Gasteiger partial charge is 0.303 e. The predicted molar refractivity (Wildman–Crippen MR) is 395 cm³/mol. The number of carbonyl (C=O) groups excluding carboxylic acids is 1. The summed E-state index contributed by atoms with van der Waals surface area (Å²) < 4.78 is 115. The molecule has 0 saturated carbocycles. The number of hydrogen-bond donors (Lipinski definition) is 0. The normalized spacial score (nSPS) is 24.6. The molecule has 12 rings (SSSR count). The van der Waals surface area contributed by atoms with Gasteiger partial charge < -0.3 is 75.8 Å². The maximum atomic E-state index is 14.1. The number of esters is 1. The first-order valence-electron chi connectivity index (χ1n) is 36.3. The number of rotatable bonds is 40. The van der Waals surface area contributed by atoms with E-state index in [0.717, 1.165) is 50.1 Å². The highest BCUT2D eigenvalue weighted by Crippen LogP contribution is 2.40. The Hall–Kier alpha value is -8.41. The Morgan fingerprint density at radius 3 is 0.819 bits per heavy atom. The monoisotopic (exact) mass is 1420 g/mol. The summed E-state index contributed by atoms with van der Waals surface area (Å²) in [6, 6.07) is 89.0. The van der Waals surface area contributed by atoms with Crippen LogP contribution in [0.15, 0.2) is 286 Å². The first-order chi connectivity index (χ1) is 51.9. The van der Waals surface area contributed by atoms with Crippen molar-refractivity contribution in [3.63, 3.8) is 0 Å². The van der Waals surface area contributed by atoms with Gasteiger partial charge in [-0.15, -0.1) is 6.58 Å². The van der Waals surface area contributed by atoms with Gasteiger partial charge in [0, 0.05) is 6.92 Å². The van der Waals surface area contributed by atoms with E-state index in [0.29, 0.717) is 19.4 Å². The summed E-state index contributed by atoms with van der Waals surface area (Å²) in [6.07, 6.45) is -13.6. The maximum Gasteiger partial charge on any atom is 0.303 e. The van der Waals surface area contributed by atoms with E-state index in [1.807, 2.05) is 279 Å². The maximum absolute atomic E-state index is 14.1. The summed E-state index contributed by atoms with van der Waals surface area (Å²) in [7, 11) is 0. The lowest BCUT2D eigenvalue weighted by Crippen LogP contribution is -2.68. The Morgan fingerprint density at radius 1 is 0.305 bits per heavy atom. The van der Waals surface area contributed by atoms with Gasteiger partial charge in [0.05, 0.1) is 85.9 Å². The number of benzene rings is 9. The number of allylic oxidation sites excluding steroid dienone is 1. The van der Waals surface area contributed by atoms with Gasteiger partial charge in [-0.05, 0) is 62.9 Å². The van der Waals surface area contributed by atoms with Gasteiger partial charge >= 0.3 is 5.97 Å². The third kappa shape index (κ3) is 23.3. The molecule has 3 saturated heterocycles. The molecule has 3 heterocycles. The first kappa shape index (κ1) is 76.2. The van der Waals surface area contributed by atoms with Crippen LogP contribution in [0, 0.1) is 0 Å². The molecule has 3 aliphatic rings. The van der Waals surface area contributed by atoms with E-state index in [2.05, 4.69) is 6.58 Å². The summed E-state index contributed by atoms with van der Waals surface area (Å²) in [4.78, 5) is 14.1.